The summed E-state index contributed by atoms with van der Waals surface area (Å²) < 4.78 is 25.5. The third-order valence-corrected chi connectivity index (χ3v) is 5.46. The van der Waals surface area contributed by atoms with Gasteiger partial charge in [-0.3, -0.25) is 4.79 Å². The Kier molecular flexibility index (Phi) is 6.22. The van der Waals surface area contributed by atoms with Crippen LogP contribution in [0.2, 0.25) is 0 Å². The van der Waals surface area contributed by atoms with Gasteiger partial charge >= 0.3 is 0 Å². The van der Waals surface area contributed by atoms with Gasteiger partial charge in [0, 0.05) is 6.54 Å². The van der Waals surface area contributed by atoms with Gasteiger partial charge in [-0.05, 0) is 25.7 Å². The molecule has 1 fully saturated rings. The maximum atomic E-state index is 12.1. The molecule has 6 nitrogen and oxygen atoms in total. The first kappa shape index (κ1) is 16.4. The molecule has 0 aromatic carbocycles. The minimum atomic E-state index is -3.34. The topological polar surface area (TPSA) is 86.7 Å². The van der Waals surface area contributed by atoms with Crippen LogP contribution in [-0.4, -0.2) is 54.7 Å². The molecule has 1 aliphatic rings. The fraction of sp³-hybridized carbons (Fsp3) is 0.917. The molecule has 2 atom stereocenters. The van der Waals surface area contributed by atoms with Crippen LogP contribution in [-0.2, 0) is 14.8 Å². The molecule has 112 valence electrons. The second-order valence-electron chi connectivity index (χ2n) is 4.88. The monoisotopic (exact) mass is 292 g/mol. The molecule has 1 saturated heterocycles. The third kappa shape index (κ3) is 4.15. The summed E-state index contributed by atoms with van der Waals surface area (Å²) in [7, 11) is -3.34. The molecule has 0 bridgehead atoms. The summed E-state index contributed by atoms with van der Waals surface area (Å²) >= 11 is 0. The van der Waals surface area contributed by atoms with Crippen molar-refractivity contribution >= 4 is 15.9 Å². The van der Waals surface area contributed by atoms with Crippen LogP contribution >= 0.6 is 0 Å². The summed E-state index contributed by atoms with van der Waals surface area (Å²) in [6, 6.07) is -0.916. The van der Waals surface area contributed by atoms with E-state index in [1.807, 2.05) is 13.8 Å². The van der Waals surface area contributed by atoms with Gasteiger partial charge in [0.25, 0.3) is 0 Å². The molecule has 1 aliphatic heterocycles. The van der Waals surface area contributed by atoms with Crippen LogP contribution in [0.15, 0.2) is 0 Å². The van der Waals surface area contributed by atoms with E-state index < -0.39 is 16.1 Å². The molecule has 0 aromatic rings. The lowest BCUT2D eigenvalue weighted by molar-refractivity contribution is -0.125. The van der Waals surface area contributed by atoms with Crippen LogP contribution in [0.3, 0.4) is 0 Å². The van der Waals surface area contributed by atoms with E-state index in [-0.39, 0.29) is 24.3 Å². The van der Waals surface area contributed by atoms with E-state index in [0.717, 1.165) is 0 Å². The van der Waals surface area contributed by atoms with Crippen molar-refractivity contribution in [1.82, 2.24) is 9.62 Å². The smallest absolute Gasteiger partial charge is 0.238 e. The summed E-state index contributed by atoms with van der Waals surface area (Å²) in [4.78, 5) is 12.1. The van der Waals surface area contributed by atoms with E-state index in [4.69, 9.17) is 5.11 Å². The lowest BCUT2D eigenvalue weighted by Crippen LogP contribution is -2.49. The number of sulfonamides is 1. The maximum absolute atomic E-state index is 12.1. The maximum Gasteiger partial charge on any atom is 0.238 e. The van der Waals surface area contributed by atoms with E-state index in [9.17, 15) is 13.2 Å². The van der Waals surface area contributed by atoms with E-state index in [1.165, 1.54) is 4.31 Å². The number of rotatable bonds is 7. The number of aliphatic hydroxyl groups excluding tert-OH is 1. The minimum absolute atomic E-state index is 0.0774. The summed E-state index contributed by atoms with van der Waals surface area (Å²) in [5, 5.41) is 11.8. The van der Waals surface area contributed by atoms with Crippen molar-refractivity contribution in [2.24, 2.45) is 0 Å². The standard InChI is InChI=1S/C12H24N2O4S/c1-3-8-19(17,18)14-7-5-6-11(14)12(16)13-10(4-2)9-15/h10-11,15H,3-9H2,1-2H3,(H,13,16)/t10-,11?/m0/s1. The molecule has 0 spiro atoms. The molecule has 1 heterocycles. The van der Waals surface area contributed by atoms with Crippen LogP contribution in [0.5, 0.6) is 0 Å². The second-order valence-corrected chi connectivity index (χ2v) is 6.92. The predicted octanol–water partition coefficient (Wildman–Crippen LogP) is 0.0777. The molecule has 0 aromatic heterocycles. The zero-order valence-corrected chi connectivity index (χ0v) is 12.4. The average Bonchev–Trinajstić information content (AvgIpc) is 2.85. The third-order valence-electron chi connectivity index (χ3n) is 3.39. The Hall–Kier alpha value is -0.660. The number of aliphatic hydroxyl groups is 1. The van der Waals surface area contributed by atoms with E-state index in [0.29, 0.717) is 32.2 Å². The highest BCUT2D eigenvalue weighted by Crippen LogP contribution is 2.22. The molecule has 0 saturated carbocycles. The highest BCUT2D eigenvalue weighted by molar-refractivity contribution is 7.89. The van der Waals surface area contributed by atoms with Gasteiger partial charge < -0.3 is 10.4 Å². The van der Waals surface area contributed by atoms with Crippen molar-refractivity contribution in [3.63, 3.8) is 0 Å². The zero-order valence-electron chi connectivity index (χ0n) is 11.6. The van der Waals surface area contributed by atoms with E-state index in [2.05, 4.69) is 5.32 Å². The van der Waals surface area contributed by atoms with Crippen molar-refractivity contribution < 1.29 is 18.3 Å². The van der Waals surface area contributed by atoms with Crippen LogP contribution < -0.4 is 5.32 Å². The first-order chi connectivity index (χ1) is 8.96. The molecular formula is C12H24N2O4S. The minimum Gasteiger partial charge on any atom is -0.394 e. The number of nitrogens with zero attached hydrogens (tertiary/aromatic N) is 1. The summed E-state index contributed by atoms with van der Waals surface area (Å²) in [5.41, 5.74) is 0. The second kappa shape index (κ2) is 7.21. The number of amides is 1. The van der Waals surface area contributed by atoms with Gasteiger partial charge in [-0.2, -0.15) is 4.31 Å². The SMILES string of the molecule is CCCS(=O)(=O)N1CCCC1C(=O)N[C@@H](CC)CO. The van der Waals surface area contributed by atoms with Crippen molar-refractivity contribution in [2.45, 2.75) is 51.6 Å². The Balaban J connectivity index is 2.73. The van der Waals surface area contributed by atoms with Crippen molar-refractivity contribution in [2.75, 3.05) is 18.9 Å². The molecule has 0 aliphatic carbocycles. The largest absolute Gasteiger partial charge is 0.394 e. The quantitative estimate of drug-likeness (QED) is 0.695. The number of hydrogen-bond acceptors (Lipinski definition) is 4. The molecule has 2 N–H and O–H groups in total. The fourth-order valence-electron chi connectivity index (χ4n) is 2.28. The molecule has 19 heavy (non-hydrogen) atoms. The fourth-order valence-corrected chi connectivity index (χ4v) is 4.03. The van der Waals surface area contributed by atoms with Crippen LogP contribution in [0.1, 0.15) is 39.5 Å². The Labute approximate surface area is 115 Å². The highest BCUT2D eigenvalue weighted by atomic mass is 32.2. The van der Waals surface area contributed by atoms with E-state index in [1.54, 1.807) is 0 Å². The normalized spacial score (nSPS) is 22.4. The van der Waals surface area contributed by atoms with Gasteiger partial charge in [-0.1, -0.05) is 13.8 Å². The Morgan fingerprint density at radius 2 is 2.16 bits per heavy atom. The molecule has 1 amide bonds. The van der Waals surface area contributed by atoms with Gasteiger partial charge in [0.15, 0.2) is 0 Å². The lowest BCUT2D eigenvalue weighted by Gasteiger charge is -2.25. The van der Waals surface area contributed by atoms with Gasteiger partial charge in [0.05, 0.1) is 18.4 Å². The number of nitrogens with one attached hydrogen (secondary N) is 1. The van der Waals surface area contributed by atoms with Gasteiger partial charge in [-0.25, -0.2) is 8.42 Å². The first-order valence-electron chi connectivity index (χ1n) is 6.87. The van der Waals surface area contributed by atoms with Gasteiger partial charge in [0.2, 0.25) is 15.9 Å². The summed E-state index contributed by atoms with van der Waals surface area (Å²) in [6.45, 7) is 3.95. The van der Waals surface area contributed by atoms with E-state index >= 15 is 0 Å². The van der Waals surface area contributed by atoms with Crippen LogP contribution in [0, 0.1) is 0 Å². The summed E-state index contributed by atoms with van der Waals surface area (Å²) in [5.74, 6) is -0.216. The van der Waals surface area contributed by atoms with Gasteiger partial charge in [-0.15, -0.1) is 0 Å². The van der Waals surface area contributed by atoms with Crippen molar-refractivity contribution in [1.29, 1.82) is 0 Å². The van der Waals surface area contributed by atoms with Crippen molar-refractivity contribution in [3.8, 4) is 0 Å². The first-order valence-corrected chi connectivity index (χ1v) is 8.47. The molecule has 1 unspecified atom stereocenters. The predicted molar refractivity (Wildman–Crippen MR) is 73.1 cm³/mol. The number of carbonyl (C=O) groups excluding carboxylic acids is 1. The molecule has 1 rings (SSSR count). The van der Waals surface area contributed by atoms with Crippen LogP contribution in [0.4, 0.5) is 0 Å². The molecule has 0 radical (unpaired) electrons. The summed E-state index contributed by atoms with van der Waals surface area (Å²) in [6.07, 6.45) is 2.42. The Morgan fingerprint density at radius 1 is 1.47 bits per heavy atom. The molecule has 7 heteroatoms. The Morgan fingerprint density at radius 3 is 2.68 bits per heavy atom. The van der Waals surface area contributed by atoms with Gasteiger partial charge in [0.1, 0.15) is 6.04 Å². The highest BCUT2D eigenvalue weighted by Gasteiger charge is 2.38. The average molecular weight is 292 g/mol. The number of hydrogen-bond donors (Lipinski definition) is 2. The number of carbonyl (C=O) groups is 1. The zero-order chi connectivity index (χ0) is 14.5. The molecular weight excluding hydrogens is 268 g/mol. The lowest BCUT2D eigenvalue weighted by atomic mass is 10.2. The Bertz CT molecular complexity index is 393. The van der Waals surface area contributed by atoms with Crippen LogP contribution in [0.25, 0.3) is 0 Å². The van der Waals surface area contributed by atoms with Crippen molar-refractivity contribution in [3.05, 3.63) is 0 Å².